The molecule has 1 aromatic heterocycles. The van der Waals surface area contributed by atoms with Gasteiger partial charge in [0.25, 0.3) is 5.91 Å². The van der Waals surface area contributed by atoms with Crippen molar-refractivity contribution in [2.45, 2.75) is 25.7 Å². The molecule has 0 atom stereocenters. The van der Waals surface area contributed by atoms with Crippen LogP contribution in [0.3, 0.4) is 0 Å². The third kappa shape index (κ3) is 4.32. The van der Waals surface area contributed by atoms with Crippen LogP contribution >= 0.6 is 11.3 Å². The van der Waals surface area contributed by atoms with Crippen LogP contribution in [0.2, 0.25) is 0 Å². The number of carbonyl (C=O) groups excluding carboxylic acids is 2. The second-order valence-corrected chi connectivity index (χ2v) is 7.20. The fourth-order valence-corrected chi connectivity index (χ4v) is 4.01. The summed E-state index contributed by atoms with van der Waals surface area (Å²) in [7, 11) is 0. The number of piperazine rings is 1. The highest BCUT2D eigenvalue weighted by Crippen LogP contribution is 2.19. The van der Waals surface area contributed by atoms with Gasteiger partial charge in [0, 0.05) is 38.0 Å². The smallest absolute Gasteiger partial charge is 0.254 e. The van der Waals surface area contributed by atoms with Gasteiger partial charge in [-0.25, -0.2) is 0 Å². The van der Waals surface area contributed by atoms with Crippen molar-refractivity contribution in [3.05, 3.63) is 22.4 Å². The lowest BCUT2D eigenvalue weighted by atomic mass is 9.93. The molecule has 0 spiro atoms. The molecule has 0 bridgehead atoms. The predicted octanol–water partition coefficient (Wildman–Crippen LogP) is 1.81. The second kappa shape index (κ2) is 7.93. The lowest BCUT2D eigenvalue weighted by Crippen LogP contribution is -2.50. The number of nitrogens with one attached hydrogen (secondary N) is 1. The number of amides is 2. The normalized spacial score (nSPS) is 19.8. The van der Waals surface area contributed by atoms with E-state index in [1.54, 1.807) is 11.3 Å². The second-order valence-electron chi connectivity index (χ2n) is 6.42. The number of hydrogen-bond donors (Lipinski definition) is 1. The molecule has 2 aliphatic rings. The minimum atomic E-state index is 0.0908. The molecule has 0 aromatic carbocycles. The molecule has 6 heteroatoms. The summed E-state index contributed by atoms with van der Waals surface area (Å²) in [5, 5.41) is 7.17. The van der Waals surface area contributed by atoms with Crippen LogP contribution in [0.25, 0.3) is 0 Å². The van der Waals surface area contributed by atoms with E-state index in [2.05, 4.69) is 5.32 Å². The van der Waals surface area contributed by atoms with E-state index in [1.165, 1.54) is 12.8 Å². The van der Waals surface area contributed by atoms with Crippen LogP contribution in [0, 0.1) is 5.92 Å². The molecule has 23 heavy (non-hydrogen) atoms. The van der Waals surface area contributed by atoms with Crippen molar-refractivity contribution in [3.8, 4) is 0 Å². The van der Waals surface area contributed by atoms with Gasteiger partial charge in [0.2, 0.25) is 5.91 Å². The number of carbonyl (C=O) groups is 2. The first-order chi connectivity index (χ1) is 11.2. The lowest BCUT2D eigenvalue weighted by molar-refractivity contribution is -0.133. The summed E-state index contributed by atoms with van der Waals surface area (Å²) in [6.45, 7) is 4.80. The molecular formula is C17H25N3O2S. The van der Waals surface area contributed by atoms with Crippen LogP contribution in [0.4, 0.5) is 0 Å². The SMILES string of the molecule is O=C(CCC1CCNCC1)N1CCN(C(=O)c2ccsc2)CC1. The first kappa shape index (κ1) is 16.5. The molecule has 5 nitrogen and oxygen atoms in total. The molecule has 3 heterocycles. The zero-order chi connectivity index (χ0) is 16.1. The number of rotatable bonds is 4. The molecule has 2 amide bonds. The Bertz CT molecular complexity index is 518. The first-order valence-electron chi connectivity index (χ1n) is 8.54. The van der Waals surface area contributed by atoms with Crippen molar-refractivity contribution < 1.29 is 9.59 Å². The van der Waals surface area contributed by atoms with E-state index in [9.17, 15) is 9.59 Å². The van der Waals surface area contributed by atoms with Gasteiger partial charge in [0.15, 0.2) is 0 Å². The van der Waals surface area contributed by atoms with Crippen LogP contribution in [0.1, 0.15) is 36.0 Å². The number of piperidine rings is 1. The Labute approximate surface area is 141 Å². The number of hydrogen-bond acceptors (Lipinski definition) is 4. The van der Waals surface area contributed by atoms with E-state index in [1.807, 2.05) is 26.6 Å². The van der Waals surface area contributed by atoms with Crippen molar-refractivity contribution >= 4 is 23.2 Å². The molecule has 2 aliphatic heterocycles. The maximum Gasteiger partial charge on any atom is 0.254 e. The molecule has 1 aromatic rings. The highest BCUT2D eigenvalue weighted by molar-refractivity contribution is 7.08. The Morgan fingerprint density at radius 3 is 2.48 bits per heavy atom. The highest BCUT2D eigenvalue weighted by atomic mass is 32.1. The Morgan fingerprint density at radius 1 is 1.13 bits per heavy atom. The van der Waals surface area contributed by atoms with Crippen LogP contribution < -0.4 is 5.32 Å². The van der Waals surface area contributed by atoms with Crippen LogP contribution in [0.15, 0.2) is 16.8 Å². The summed E-state index contributed by atoms with van der Waals surface area (Å²) < 4.78 is 0. The van der Waals surface area contributed by atoms with Gasteiger partial charge >= 0.3 is 0 Å². The van der Waals surface area contributed by atoms with Crippen molar-refractivity contribution in [3.63, 3.8) is 0 Å². The highest BCUT2D eigenvalue weighted by Gasteiger charge is 2.25. The van der Waals surface area contributed by atoms with Crippen LogP contribution in [-0.4, -0.2) is 60.9 Å². The molecule has 0 saturated carbocycles. The van der Waals surface area contributed by atoms with Crippen molar-refractivity contribution in [2.75, 3.05) is 39.3 Å². The van der Waals surface area contributed by atoms with Crippen molar-refractivity contribution in [1.29, 1.82) is 0 Å². The molecule has 0 unspecified atom stereocenters. The molecule has 2 fully saturated rings. The average molecular weight is 335 g/mol. The minimum Gasteiger partial charge on any atom is -0.339 e. The third-order valence-corrected chi connectivity index (χ3v) is 5.60. The molecule has 0 aliphatic carbocycles. The topological polar surface area (TPSA) is 52.7 Å². The lowest BCUT2D eigenvalue weighted by Gasteiger charge is -2.35. The van der Waals surface area contributed by atoms with Gasteiger partial charge in [-0.15, -0.1) is 0 Å². The molecule has 1 N–H and O–H groups in total. The predicted molar refractivity (Wildman–Crippen MR) is 91.6 cm³/mol. The van der Waals surface area contributed by atoms with Gasteiger partial charge in [-0.05, 0) is 49.7 Å². The summed E-state index contributed by atoms with van der Waals surface area (Å²) >= 11 is 1.54. The maximum atomic E-state index is 12.4. The van der Waals surface area contributed by atoms with Crippen molar-refractivity contribution in [1.82, 2.24) is 15.1 Å². The maximum absolute atomic E-state index is 12.4. The monoisotopic (exact) mass is 335 g/mol. The summed E-state index contributed by atoms with van der Waals surface area (Å²) in [4.78, 5) is 28.4. The van der Waals surface area contributed by atoms with Gasteiger partial charge in [-0.1, -0.05) is 0 Å². The third-order valence-electron chi connectivity index (χ3n) is 4.91. The Hall–Kier alpha value is -1.40. The van der Waals surface area contributed by atoms with Crippen molar-refractivity contribution in [2.24, 2.45) is 5.92 Å². The molecular weight excluding hydrogens is 310 g/mol. The van der Waals surface area contributed by atoms with E-state index in [4.69, 9.17) is 0 Å². The van der Waals surface area contributed by atoms with Gasteiger partial charge in [0.05, 0.1) is 5.56 Å². The largest absolute Gasteiger partial charge is 0.339 e. The van der Waals surface area contributed by atoms with Crippen LogP contribution in [-0.2, 0) is 4.79 Å². The van der Waals surface area contributed by atoms with E-state index in [-0.39, 0.29) is 11.8 Å². The minimum absolute atomic E-state index is 0.0908. The molecule has 0 radical (unpaired) electrons. The number of thiophene rings is 1. The van der Waals surface area contributed by atoms with Gasteiger partial charge in [-0.3, -0.25) is 9.59 Å². The zero-order valence-electron chi connectivity index (χ0n) is 13.5. The van der Waals surface area contributed by atoms with Gasteiger partial charge in [0.1, 0.15) is 0 Å². The Balaban J connectivity index is 1.41. The van der Waals surface area contributed by atoms with E-state index >= 15 is 0 Å². The standard InChI is InChI=1S/C17H25N3O2S/c21-16(2-1-14-3-6-18-7-4-14)19-8-10-20(11-9-19)17(22)15-5-12-23-13-15/h5,12-14,18H,1-4,6-11H2. The molecule has 126 valence electrons. The fourth-order valence-electron chi connectivity index (χ4n) is 3.38. The Kier molecular flexibility index (Phi) is 5.67. The zero-order valence-corrected chi connectivity index (χ0v) is 14.3. The summed E-state index contributed by atoms with van der Waals surface area (Å²) in [5.41, 5.74) is 0.765. The van der Waals surface area contributed by atoms with E-state index in [0.717, 1.165) is 25.1 Å². The quantitative estimate of drug-likeness (QED) is 0.913. The van der Waals surface area contributed by atoms with Gasteiger partial charge < -0.3 is 15.1 Å². The summed E-state index contributed by atoms with van der Waals surface area (Å²) in [6, 6.07) is 1.86. The van der Waals surface area contributed by atoms with E-state index < -0.39 is 0 Å². The molecule has 3 rings (SSSR count). The van der Waals surface area contributed by atoms with Gasteiger partial charge in [-0.2, -0.15) is 11.3 Å². The summed E-state index contributed by atoms with van der Waals surface area (Å²) in [5.74, 6) is 1.04. The van der Waals surface area contributed by atoms with E-state index in [0.29, 0.717) is 38.5 Å². The summed E-state index contributed by atoms with van der Waals surface area (Å²) in [6.07, 6.45) is 4.05. The fraction of sp³-hybridized carbons (Fsp3) is 0.647. The average Bonchev–Trinajstić information content (AvgIpc) is 3.15. The van der Waals surface area contributed by atoms with Crippen LogP contribution in [0.5, 0.6) is 0 Å². The number of nitrogens with zero attached hydrogens (tertiary/aromatic N) is 2. The Morgan fingerprint density at radius 2 is 1.83 bits per heavy atom. The first-order valence-corrected chi connectivity index (χ1v) is 9.48. The molecule has 2 saturated heterocycles.